The lowest BCUT2D eigenvalue weighted by atomic mass is 10.2. The third-order valence-electron chi connectivity index (χ3n) is 1.86. The molecule has 8 heteroatoms. The van der Waals surface area contributed by atoms with E-state index in [9.17, 15) is 14.9 Å². The second-order valence-corrected chi connectivity index (χ2v) is 2.85. The summed E-state index contributed by atoms with van der Waals surface area (Å²) in [5.41, 5.74) is 2.17. The molecule has 0 radical (unpaired) electrons. The number of hydrazine groups is 1. The molecule has 94 valence electrons. The summed E-state index contributed by atoms with van der Waals surface area (Å²) >= 11 is 0. The summed E-state index contributed by atoms with van der Waals surface area (Å²) in [6, 6.07) is 3.87. The van der Waals surface area contributed by atoms with Gasteiger partial charge in [-0.1, -0.05) is 0 Å². The highest BCUT2D eigenvalue weighted by atomic mass is 35.5. The number of rotatable bonds is 4. The molecule has 0 unspecified atom stereocenters. The van der Waals surface area contributed by atoms with Gasteiger partial charge in [0.2, 0.25) is 0 Å². The van der Waals surface area contributed by atoms with Gasteiger partial charge in [0.05, 0.1) is 17.1 Å². The number of nitrogens with zero attached hydrogens (tertiary/aromatic N) is 1. The van der Waals surface area contributed by atoms with Crippen molar-refractivity contribution in [2.24, 2.45) is 5.84 Å². The predicted molar refractivity (Wildman–Crippen MR) is 64.1 cm³/mol. The number of ether oxygens (including phenoxy) is 1. The van der Waals surface area contributed by atoms with Crippen molar-refractivity contribution < 1.29 is 14.5 Å². The van der Waals surface area contributed by atoms with E-state index in [-0.39, 0.29) is 36.0 Å². The molecule has 0 atom stereocenters. The fourth-order valence-electron chi connectivity index (χ4n) is 1.15. The highest BCUT2D eigenvalue weighted by Crippen LogP contribution is 2.24. The van der Waals surface area contributed by atoms with Crippen molar-refractivity contribution in [3.8, 4) is 0 Å². The Hall–Kier alpha value is -1.86. The third-order valence-corrected chi connectivity index (χ3v) is 1.86. The summed E-state index contributed by atoms with van der Waals surface area (Å²) in [7, 11) is 0. The fourth-order valence-corrected chi connectivity index (χ4v) is 1.15. The van der Waals surface area contributed by atoms with E-state index >= 15 is 0 Å². The minimum Gasteiger partial charge on any atom is -0.462 e. The van der Waals surface area contributed by atoms with Crippen LogP contribution in [0, 0.1) is 10.1 Å². The first-order chi connectivity index (χ1) is 7.60. The predicted octanol–water partition coefficient (Wildman–Crippen LogP) is 1.48. The van der Waals surface area contributed by atoms with Gasteiger partial charge in [-0.2, -0.15) is 0 Å². The van der Waals surface area contributed by atoms with Crippen LogP contribution in [-0.2, 0) is 4.74 Å². The van der Waals surface area contributed by atoms with E-state index in [0.717, 1.165) is 6.07 Å². The molecule has 0 bridgehead atoms. The maximum atomic E-state index is 11.3. The Morgan fingerprint density at radius 3 is 2.71 bits per heavy atom. The zero-order chi connectivity index (χ0) is 12.1. The van der Waals surface area contributed by atoms with Crippen LogP contribution in [0.1, 0.15) is 17.3 Å². The van der Waals surface area contributed by atoms with Gasteiger partial charge in [-0.3, -0.25) is 16.0 Å². The third kappa shape index (κ3) is 3.58. The molecule has 0 aliphatic carbocycles. The number of nitrogens with one attached hydrogen (secondary N) is 1. The molecule has 0 saturated carbocycles. The van der Waals surface area contributed by atoms with Gasteiger partial charge in [0.15, 0.2) is 0 Å². The van der Waals surface area contributed by atoms with Crippen molar-refractivity contribution in [3.05, 3.63) is 33.9 Å². The Bertz CT molecular complexity index is 425. The lowest BCUT2D eigenvalue weighted by Crippen LogP contribution is -2.11. The molecule has 0 fully saturated rings. The summed E-state index contributed by atoms with van der Waals surface area (Å²) in [5.74, 6) is 4.50. The Kier molecular flexibility index (Phi) is 5.94. The molecular formula is C9H12ClN3O4. The van der Waals surface area contributed by atoms with Crippen LogP contribution in [0.5, 0.6) is 0 Å². The number of anilines is 1. The maximum Gasteiger partial charge on any atom is 0.338 e. The Morgan fingerprint density at radius 1 is 1.59 bits per heavy atom. The van der Waals surface area contributed by atoms with Gasteiger partial charge >= 0.3 is 5.97 Å². The molecule has 0 saturated heterocycles. The lowest BCUT2D eigenvalue weighted by molar-refractivity contribution is -0.384. The summed E-state index contributed by atoms with van der Waals surface area (Å²) < 4.78 is 4.72. The van der Waals surface area contributed by atoms with Crippen molar-refractivity contribution in [2.45, 2.75) is 6.92 Å². The van der Waals surface area contributed by atoms with Gasteiger partial charge in [-0.15, -0.1) is 12.4 Å². The lowest BCUT2D eigenvalue weighted by Gasteiger charge is -2.04. The summed E-state index contributed by atoms with van der Waals surface area (Å²) in [6.07, 6.45) is 0. The number of nitrogen functional groups attached to an aromatic ring is 1. The summed E-state index contributed by atoms with van der Waals surface area (Å²) in [4.78, 5) is 21.4. The second-order valence-electron chi connectivity index (χ2n) is 2.85. The zero-order valence-corrected chi connectivity index (χ0v) is 9.82. The van der Waals surface area contributed by atoms with E-state index < -0.39 is 10.9 Å². The first-order valence-electron chi connectivity index (χ1n) is 4.52. The van der Waals surface area contributed by atoms with Crippen LogP contribution in [0.15, 0.2) is 18.2 Å². The Labute approximate surface area is 103 Å². The van der Waals surface area contributed by atoms with E-state index in [1.807, 2.05) is 0 Å². The van der Waals surface area contributed by atoms with Crippen molar-refractivity contribution in [2.75, 3.05) is 12.0 Å². The summed E-state index contributed by atoms with van der Waals surface area (Å²) in [5, 5.41) is 10.7. The van der Waals surface area contributed by atoms with Gasteiger partial charge in [0, 0.05) is 6.07 Å². The molecule has 1 aromatic carbocycles. The van der Waals surface area contributed by atoms with E-state index in [1.165, 1.54) is 12.1 Å². The quantitative estimate of drug-likeness (QED) is 0.368. The second kappa shape index (κ2) is 6.66. The van der Waals surface area contributed by atoms with Crippen LogP contribution in [0.2, 0.25) is 0 Å². The van der Waals surface area contributed by atoms with Crippen molar-refractivity contribution >= 4 is 29.8 Å². The number of hydrogen-bond donors (Lipinski definition) is 2. The number of nitro groups is 1. The number of halogens is 1. The van der Waals surface area contributed by atoms with Crippen LogP contribution >= 0.6 is 12.4 Å². The smallest absolute Gasteiger partial charge is 0.338 e. The van der Waals surface area contributed by atoms with Gasteiger partial charge in [0.25, 0.3) is 5.69 Å². The number of hydrogen-bond acceptors (Lipinski definition) is 6. The maximum absolute atomic E-state index is 11.3. The van der Waals surface area contributed by atoms with E-state index in [1.54, 1.807) is 6.92 Å². The standard InChI is InChI=1S/C9H11N3O4.ClH/c1-2-16-9(13)6-3-4-7(11-10)8(5-6)12(14)15;/h3-5,11H,2,10H2,1H3;1H. The van der Waals surface area contributed by atoms with Gasteiger partial charge < -0.3 is 10.2 Å². The average molecular weight is 262 g/mol. The largest absolute Gasteiger partial charge is 0.462 e. The molecule has 0 aliphatic rings. The van der Waals surface area contributed by atoms with Crippen molar-refractivity contribution in [1.29, 1.82) is 0 Å². The van der Waals surface area contributed by atoms with Gasteiger partial charge in [-0.25, -0.2) is 4.79 Å². The molecule has 0 heterocycles. The SMILES string of the molecule is CCOC(=O)c1ccc(NN)c([N+](=O)[O-])c1.Cl. The van der Waals surface area contributed by atoms with Gasteiger partial charge in [-0.05, 0) is 19.1 Å². The van der Waals surface area contributed by atoms with E-state index in [0.29, 0.717) is 0 Å². The highest BCUT2D eigenvalue weighted by molar-refractivity contribution is 5.91. The number of nitro benzene ring substituents is 1. The first kappa shape index (κ1) is 15.1. The fraction of sp³-hybridized carbons (Fsp3) is 0.222. The normalized spacial score (nSPS) is 9.06. The minimum atomic E-state index is -0.627. The molecule has 0 spiro atoms. The number of benzene rings is 1. The van der Waals surface area contributed by atoms with Crippen LogP contribution in [0.4, 0.5) is 11.4 Å². The minimum absolute atomic E-state index is 0. The molecule has 0 aliphatic heterocycles. The first-order valence-corrected chi connectivity index (χ1v) is 4.52. The number of nitrogens with two attached hydrogens (primary N) is 1. The van der Waals surface area contributed by atoms with Crippen molar-refractivity contribution in [3.63, 3.8) is 0 Å². The average Bonchev–Trinajstić information content (AvgIpc) is 2.28. The molecule has 1 rings (SSSR count). The molecule has 3 N–H and O–H groups in total. The van der Waals surface area contributed by atoms with Crippen LogP contribution in [0.25, 0.3) is 0 Å². The molecule has 1 aromatic rings. The summed E-state index contributed by atoms with van der Waals surface area (Å²) in [6.45, 7) is 1.87. The zero-order valence-electron chi connectivity index (χ0n) is 9.00. The molecule has 17 heavy (non-hydrogen) atoms. The Balaban J connectivity index is 0.00000256. The van der Waals surface area contributed by atoms with Crippen LogP contribution in [-0.4, -0.2) is 17.5 Å². The number of esters is 1. The monoisotopic (exact) mass is 261 g/mol. The van der Waals surface area contributed by atoms with Crippen molar-refractivity contribution in [1.82, 2.24) is 0 Å². The van der Waals surface area contributed by atoms with Gasteiger partial charge in [0.1, 0.15) is 5.69 Å². The number of carbonyl (C=O) groups excluding carboxylic acids is 1. The topological polar surface area (TPSA) is 107 Å². The molecule has 0 amide bonds. The van der Waals surface area contributed by atoms with Crippen LogP contribution in [0.3, 0.4) is 0 Å². The highest BCUT2D eigenvalue weighted by Gasteiger charge is 2.17. The molecule has 0 aromatic heterocycles. The Morgan fingerprint density at radius 2 is 2.24 bits per heavy atom. The van der Waals surface area contributed by atoms with E-state index in [4.69, 9.17) is 10.6 Å². The molecule has 7 nitrogen and oxygen atoms in total. The molecular weight excluding hydrogens is 250 g/mol. The van der Waals surface area contributed by atoms with Crippen LogP contribution < -0.4 is 11.3 Å². The number of carbonyl (C=O) groups is 1. The van der Waals surface area contributed by atoms with E-state index in [2.05, 4.69) is 5.43 Å².